The number of aliphatic carboxylic acids is 1. The molecule has 2 aromatic rings. The summed E-state index contributed by atoms with van der Waals surface area (Å²) in [5.74, 6) is -3.12. The Morgan fingerprint density at radius 2 is 1.76 bits per heavy atom. The van der Waals surface area contributed by atoms with Gasteiger partial charge in [-0.3, -0.25) is 19.2 Å². The number of aromatic nitrogens is 1. The first kappa shape index (κ1) is 26.2. The molecule has 1 heterocycles. The Morgan fingerprint density at radius 1 is 1.09 bits per heavy atom. The quantitative estimate of drug-likeness (QED) is 0.215. The second-order valence-electron chi connectivity index (χ2n) is 7.89. The fraction of sp³-hybridized carbons (Fsp3) is 0.455. The summed E-state index contributed by atoms with van der Waals surface area (Å²) in [6.45, 7) is 3.18. The number of benzene rings is 1. The van der Waals surface area contributed by atoms with Gasteiger partial charge in [-0.05, 0) is 17.5 Å². The number of carboxylic acid groups (broad SMARTS) is 1. The van der Waals surface area contributed by atoms with Gasteiger partial charge in [0.1, 0.15) is 18.6 Å². The summed E-state index contributed by atoms with van der Waals surface area (Å²) in [6.07, 6.45) is 2.62. The van der Waals surface area contributed by atoms with Crippen molar-refractivity contribution < 1.29 is 24.3 Å². The van der Waals surface area contributed by atoms with Crippen molar-refractivity contribution in [3.05, 3.63) is 36.0 Å². The zero-order valence-electron chi connectivity index (χ0n) is 18.6. The molecule has 0 fully saturated rings. The van der Waals surface area contributed by atoms with E-state index < -0.39 is 48.4 Å². The third kappa shape index (κ3) is 7.22. The molecule has 33 heavy (non-hydrogen) atoms. The minimum atomic E-state index is -1.21. The molecule has 4 atom stereocenters. The van der Waals surface area contributed by atoms with E-state index in [4.69, 9.17) is 10.8 Å². The maximum Gasteiger partial charge on any atom is 0.322 e. The predicted octanol–water partition coefficient (Wildman–Crippen LogP) is 0.184. The van der Waals surface area contributed by atoms with Crippen LogP contribution in [-0.4, -0.2) is 64.2 Å². The summed E-state index contributed by atoms with van der Waals surface area (Å²) in [7, 11) is 0. The molecule has 0 bridgehead atoms. The number of carbonyl (C=O) groups excluding carboxylic acids is 3. The number of carbonyl (C=O) groups is 4. The van der Waals surface area contributed by atoms with Gasteiger partial charge in [0.25, 0.3) is 0 Å². The molecule has 0 aliphatic heterocycles. The van der Waals surface area contributed by atoms with Crippen LogP contribution in [0.4, 0.5) is 0 Å². The molecule has 0 aliphatic carbocycles. The SMILES string of the molecule is CCC(C)C(N)C(=O)NC(Cc1c[nH]c2ccccc12)C(=O)NC(CS)C(=O)NCC(=O)O. The Hall–Kier alpha value is -3.05. The Morgan fingerprint density at radius 3 is 2.39 bits per heavy atom. The van der Waals surface area contributed by atoms with Crippen LogP contribution in [-0.2, 0) is 25.6 Å². The highest BCUT2D eigenvalue weighted by atomic mass is 32.1. The molecule has 4 unspecified atom stereocenters. The molecule has 10 nitrogen and oxygen atoms in total. The number of rotatable bonds is 12. The van der Waals surface area contributed by atoms with Gasteiger partial charge < -0.3 is 31.8 Å². The average molecular weight is 478 g/mol. The second-order valence-corrected chi connectivity index (χ2v) is 8.26. The van der Waals surface area contributed by atoms with Crippen LogP contribution in [0.5, 0.6) is 0 Å². The number of thiol groups is 1. The van der Waals surface area contributed by atoms with Crippen LogP contribution in [0.2, 0.25) is 0 Å². The topological polar surface area (TPSA) is 166 Å². The molecule has 0 saturated carbocycles. The third-order valence-corrected chi connectivity index (χ3v) is 5.89. The first-order valence-corrected chi connectivity index (χ1v) is 11.3. The Bertz CT molecular complexity index is 994. The number of aromatic amines is 1. The smallest absolute Gasteiger partial charge is 0.322 e. The van der Waals surface area contributed by atoms with Crippen molar-refractivity contribution in [1.82, 2.24) is 20.9 Å². The molecule has 7 N–H and O–H groups in total. The van der Waals surface area contributed by atoms with Crippen LogP contribution in [0.15, 0.2) is 30.5 Å². The van der Waals surface area contributed by atoms with Gasteiger partial charge in [-0.25, -0.2) is 0 Å². The maximum absolute atomic E-state index is 13.1. The molecule has 11 heteroatoms. The summed E-state index contributed by atoms with van der Waals surface area (Å²) in [6, 6.07) is 4.66. The van der Waals surface area contributed by atoms with Crippen molar-refractivity contribution in [2.45, 2.75) is 44.8 Å². The fourth-order valence-electron chi connectivity index (χ4n) is 3.26. The largest absolute Gasteiger partial charge is 0.480 e. The summed E-state index contributed by atoms with van der Waals surface area (Å²) < 4.78 is 0. The lowest BCUT2D eigenvalue weighted by Crippen LogP contribution is -2.57. The van der Waals surface area contributed by atoms with E-state index in [1.807, 2.05) is 38.1 Å². The molecule has 0 saturated heterocycles. The van der Waals surface area contributed by atoms with Crippen LogP contribution in [0, 0.1) is 5.92 Å². The normalized spacial score (nSPS) is 14.7. The lowest BCUT2D eigenvalue weighted by Gasteiger charge is -2.25. The van der Waals surface area contributed by atoms with Crippen LogP contribution in [0.1, 0.15) is 25.8 Å². The zero-order valence-corrected chi connectivity index (χ0v) is 19.5. The van der Waals surface area contributed by atoms with E-state index in [9.17, 15) is 19.2 Å². The number of hydrogen-bond acceptors (Lipinski definition) is 6. The molecular formula is C22H31N5O5S. The molecule has 0 aliphatic rings. The number of fused-ring (bicyclic) bond motifs is 1. The molecule has 0 spiro atoms. The van der Waals surface area contributed by atoms with E-state index in [1.54, 1.807) is 6.20 Å². The minimum absolute atomic E-state index is 0.0582. The van der Waals surface area contributed by atoms with E-state index in [2.05, 4.69) is 33.6 Å². The number of H-pyrrole nitrogens is 1. The highest BCUT2D eigenvalue weighted by molar-refractivity contribution is 7.80. The number of para-hydroxylation sites is 1. The van der Waals surface area contributed by atoms with Crippen LogP contribution < -0.4 is 21.7 Å². The summed E-state index contributed by atoms with van der Waals surface area (Å²) in [4.78, 5) is 51.9. The summed E-state index contributed by atoms with van der Waals surface area (Å²) in [5, 5.41) is 17.1. The molecule has 2 rings (SSSR count). The number of hydrogen-bond donors (Lipinski definition) is 7. The van der Waals surface area contributed by atoms with Gasteiger partial charge in [0.2, 0.25) is 17.7 Å². The van der Waals surface area contributed by atoms with Gasteiger partial charge >= 0.3 is 5.97 Å². The fourth-order valence-corrected chi connectivity index (χ4v) is 3.52. The van der Waals surface area contributed by atoms with E-state index in [1.165, 1.54) is 0 Å². The van der Waals surface area contributed by atoms with Gasteiger partial charge in [0.15, 0.2) is 0 Å². The molecule has 1 aromatic carbocycles. The van der Waals surface area contributed by atoms with Crippen LogP contribution in [0.3, 0.4) is 0 Å². The maximum atomic E-state index is 13.1. The highest BCUT2D eigenvalue weighted by Gasteiger charge is 2.29. The average Bonchev–Trinajstić information content (AvgIpc) is 3.21. The molecule has 1 aromatic heterocycles. The lowest BCUT2D eigenvalue weighted by atomic mass is 9.98. The van der Waals surface area contributed by atoms with Gasteiger partial charge in [0.05, 0.1) is 6.04 Å². The standard InChI is InChI=1S/C22H31N5O5S/c1-3-12(2)19(23)22(32)26-16(8-13-9-24-15-7-5-4-6-14(13)15)21(31)27-17(11-33)20(30)25-10-18(28)29/h4-7,9,12,16-17,19,24,33H,3,8,10-11,23H2,1-2H3,(H,25,30)(H,26,32)(H,27,31)(H,28,29). The molecule has 180 valence electrons. The van der Waals surface area contributed by atoms with Gasteiger partial charge in [-0.1, -0.05) is 38.5 Å². The number of nitrogens with two attached hydrogens (primary N) is 1. The molecule has 3 amide bonds. The Labute approximate surface area is 197 Å². The zero-order chi connectivity index (χ0) is 24.5. The summed E-state index contributed by atoms with van der Waals surface area (Å²) in [5.41, 5.74) is 7.74. The second kappa shape index (κ2) is 12.3. The molecule has 0 radical (unpaired) electrons. The van der Waals surface area contributed by atoms with E-state index >= 15 is 0 Å². The van der Waals surface area contributed by atoms with Gasteiger partial charge in [0, 0.05) is 29.3 Å². The van der Waals surface area contributed by atoms with E-state index in [0.29, 0.717) is 6.42 Å². The van der Waals surface area contributed by atoms with Crippen LogP contribution >= 0.6 is 12.6 Å². The Kier molecular flexibility index (Phi) is 9.74. The van der Waals surface area contributed by atoms with Crippen molar-refractivity contribution in [3.8, 4) is 0 Å². The van der Waals surface area contributed by atoms with Crippen molar-refractivity contribution in [2.75, 3.05) is 12.3 Å². The number of amides is 3. The monoisotopic (exact) mass is 477 g/mol. The van der Waals surface area contributed by atoms with E-state index in [0.717, 1.165) is 16.5 Å². The minimum Gasteiger partial charge on any atom is -0.480 e. The van der Waals surface area contributed by atoms with Gasteiger partial charge in [-0.15, -0.1) is 0 Å². The molecular weight excluding hydrogens is 446 g/mol. The van der Waals surface area contributed by atoms with Crippen molar-refractivity contribution in [1.29, 1.82) is 0 Å². The summed E-state index contributed by atoms with van der Waals surface area (Å²) >= 11 is 4.09. The first-order chi connectivity index (χ1) is 15.7. The highest BCUT2D eigenvalue weighted by Crippen LogP contribution is 2.19. The van der Waals surface area contributed by atoms with Crippen molar-refractivity contribution >= 4 is 47.2 Å². The first-order valence-electron chi connectivity index (χ1n) is 10.7. The van der Waals surface area contributed by atoms with E-state index in [-0.39, 0.29) is 18.1 Å². The van der Waals surface area contributed by atoms with Crippen LogP contribution in [0.25, 0.3) is 10.9 Å². The van der Waals surface area contributed by atoms with Crippen molar-refractivity contribution in [2.24, 2.45) is 11.7 Å². The third-order valence-electron chi connectivity index (χ3n) is 5.52. The predicted molar refractivity (Wildman–Crippen MR) is 128 cm³/mol. The Balaban J connectivity index is 2.23. The lowest BCUT2D eigenvalue weighted by molar-refractivity contribution is -0.138. The van der Waals surface area contributed by atoms with Gasteiger partial charge in [-0.2, -0.15) is 12.6 Å². The number of carboxylic acids is 1. The number of nitrogens with one attached hydrogen (secondary N) is 4. The van der Waals surface area contributed by atoms with Crippen molar-refractivity contribution in [3.63, 3.8) is 0 Å².